The Balaban J connectivity index is 1.73. The maximum atomic E-state index is 12.8. The van der Waals surface area contributed by atoms with E-state index in [0.717, 1.165) is 43.2 Å². The summed E-state index contributed by atoms with van der Waals surface area (Å²) in [6.07, 6.45) is 8.90. The van der Waals surface area contributed by atoms with Gasteiger partial charge in [-0.15, -0.1) is 0 Å². The number of pyridine rings is 1. The predicted octanol–water partition coefficient (Wildman–Crippen LogP) is 5.76. The first-order valence-corrected chi connectivity index (χ1v) is 12.1. The highest BCUT2D eigenvalue weighted by Gasteiger charge is 2.59. The van der Waals surface area contributed by atoms with Gasteiger partial charge in [-0.25, -0.2) is 4.98 Å². The topological polar surface area (TPSA) is 56.3 Å². The fraction of sp³-hybridized carbons (Fsp3) is 0.773. The molecule has 0 spiro atoms. The van der Waals surface area contributed by atoms with Crippen LogP contribution in [0.4, 0.5) is 13.2 Å². The highest BCUT2D eigenvalue weighted by Crippen LogP contribution is 2.66. The largest absolute Gasteiger partial charge is 0.534 e. The lowest BCUT2D eigenvalue weighted by Gasteiger charge is -2.64. The SMILES string of the molecule is CC1(C)CCC[C@]2(C)[C@H]3CCc4cnc(OS(=O)(=O)C(F)(F)F)cc4[C@]3(C)CC[C@@H]12. The fourth-order valence-electron chi connectivity index (χ4n) is 7.32. The molecule has 3 aliphatic carbocycles. The Morgan fingerprint density at radius 2 is 1.77 bits per heavy atom. The number of hydrogen-bond acceptors (Lipinski definition) is 4. The van der Waals surface area contributed by atoms with Gasteiger partial charge in [-0.1, -0.05) is 34.1 Å². The van der Waals surface area contributed by atoms with Crippen molar-refractivity contribution in [3.8, 4) is 5.88 Å². The fourth-order valence-corrected chi connectivity index (χ4v) is 7.73. The molecule has 2 saturated carbocycles. The molecule has 0 N–H and O–H groups in total. The molecule has 168 valence electrons. The molecule has 0 aliphatic heterocycles. The van der Waals surface area contributed by atoms with Crippen LogP contribution < -0.4 is 4.18 Å². The van der Waals surface area contributed by atoms with Gasteiger partial charge in [0.1, 0.15) is 0 Å². The molecule has 0 saturated heterocycles. The number of halogens is 3. The van der Waals surface area contributed by atoms with E-state index >= 15 is 0 Å². The summed E-state index contributed by atoms with van der Waals surface area (Å²) < 4.78 is 65.6. The normalized spacial score (nSPS) is 35.7. The first-order chi connectivity index (χ1) is 13.7. The summed E-state index contributed by atoms with van der Waals surface area (Å²) in [7, 11) is -5.74. The number of fused-ring (bicyclic) bond motifs is 5. The van der Waals surface area contributed by atoms with Crippen LogP contribution >= 0.6 is 0 Å². The lowest BCUT2D eigenvalue weighted by molar-refractivity contribution is -0.110. The third-order valence-corrected chi connectivity index (χ3v) is 9.51. The molecule has 8 heteroatoms. The van der Waals surface area contributed by atoms with E-state index in [1.165, 1.54) is 25.1 Å². The summed E-state index contributed by atoms with van der Waals surface area (Å²) in [5, 5.41) is 0. The van der Waals surface area contributed by atoms with Crippen molar-refractivity contribution in [2.45, 2.75) is 83.6 Å². The van der Waals surface area contributed by atoms with Gasteiger partial charge in [0.2, 0.25) is 5.88 Å². The molecule has 4 nitrogen and oxygen atoms in total. The number of alkyl halides is 3. The summed E-state index contributed by atoms with van der Waals surface area (Å²) in [5.74, 6) is 0.510. The average molecular weight is 446 g/mol. The monoisotopic (exact) mass is 445 g/mol. The number of nitrogens with zero attached hydrogens (tertiary/aromatic N) is 1. The highest BCUT2D eigenvalue weighted by molar-refractivity contribution is 7.87. The third-order valence-electron chi connectivity index (χ3n) is 8.55. The second-order valence-electron chi connectivity index (χ2n) is 10.6. The van der Waals surface area contributed by atoms with Crippen LogP contribution in [0.15, 0.2) is 12.3 Å². The van der Waals surface area contributed by atoms with Crippen molar-refractivity contribution in [2.24, 2.45) is 22.7 Å². The molecule has 4 atom stereocenters. The molecular weight excluding hydrogens is 415 g/mol. The number of hydrogen-bond donors (Lipinski definition) is 0. The van der Waals surface area contributed by atoms with Gasteiger partial charge in [0, 0.05) is 12.3 Å². The maximum Gasteiger partial charge on any atom is 0.534 e. The van der Waals surface area contributed by atoms with Crippen molar-refractivity contribution < 1.29 is 25.8 Å². The molecule has 0 bridgehead atoms. The third kappa shape index (κ3) is 3.16. The van der Waals surface area contributed by atoms with Crippen LogP contribution in [-0.4, -0.2) is 18.9 Å². The lowest BCUT2D eigenvalue weighted by Crippen LogP contribution is -2.57. The first kappa shape index (κ1) is 21.9. The van der Waals surface area contributed by atoms with Crippen molar-refractivity contribution >= 4 is 10.1 Å². The van der Waals surface area contributed by atoms with Crippen molar-refractivity contribution in [3.05, 3.63) is 23.4 Å². The van der Waals surface area contributed by atoms with E-state index in [1.54, 1.807) is 0 Å². The Labute approximate surface area is 176 Å². The van der Waals surface area contributed by atoms with Crippen LogP contribution in [0.25, 0.3) is 0 Å². The minimum absolute atomic E-state index is 0.161. The number of aromatic nitrogens is 1. The second kappa shape index (κ2) is 6.59. The second-order valence-corrected chi connectivity index (χ2v) is 12.1. The molecule has 0 unspecified atom stereocenters. The Kier molecular flexibility index (Phi) is 4.82. The van der Waals surface area contributed by atoms with Gasteiger partial charge in [0.15, 0.2) is 0 Å². The minimum Gasteiger partial charge on any atom is -0.355 e. The molecule has 0 aromatic carbocycles. The Morgan fingerprint density at radius 1 is 1.07 bits per heavy atom. The minimum atomic E-state index is -5.74. The van der Waals surface area contributed by atoms with Gasteiger partial charge in [0.05, 0.1) is 0 Å². The van der Waals surface area contributed by atoms with E-state index in [0.29, 0.717) is 11.8 Å². The molecular formula is C22H30F3NO3S. The molecule has 1 aromatic rings. The van der Waals surface area contributed by atoms with E-state index in [2.05, 4.69) is 36.9 Å². The quantitative estimate of drug-likeness (QED) is 0.429. The average Bonchev–Trinajstić information content (AvgIpc) is 2.59. The summed E-state index contributed by atoms with van der Waals surface area (Å²) in [6.45, 7) is 9.33. The van der Waals surface area contributed by atoms with E-state index in [9.17, 15) is 21.6 Å². The molecule has 2 fully saturated rings. The first-order valence-electron chi connectivity index (χ1n) is 10.7. The molecule has 0 radical (unpaired) electrons. The van der Waals surface area contributed by atoms with Gasteiger partial charge < -0.3 is 4.18 Å². The maximum absolute atomic E-state index is 12.8. The van der Waals surface area contributed by atoms with E-state index in [1.807, 2.05) is 0 Å². The number of aryl methyl sites for hydroxylation is 1. The molecule has 1 aromatic heterocycles. The standard InChI is InChI=1S/C22H30F3NO3S/c1-19(2)9-5-10-21(4)16(19)8-11-20(3)15-12-18(29-30(27,28)22(23,24)25)26-13-14(15)6-7-17(20)21/h12-13,16-17H,5-11H2,1-4H3/t16-,17-,20-,21-/m0/s1. The van der Waals surface area contributed by atoms with E-state index in [4.69, 9.17) is 0 Å². The van der Waals surface area contributed by atoms with Crippen LogP contribution in [-0.2, 0) is 22.0 Å². The van der Waals surface area contributed by atoms with Crippen molar-refractivity contribution in [2.75, 3.05) is 0 Å². The van der Waals surface area contributed by atoms with Crippen LogP contribution in [0.5, 0.6) is 5.88 Å². The Morgan fingerprint density at radius 3 is 2.43 bits per heavy atom. The Bertz CT molecular complexity index is 959. The summed E-state index contributed by atoms with van der Waals surface area (Å²) in [4.78, 5) is 3.88. The predicted molar refractivity (Wildman–Crippen MR) is 107 cm³/mol. The zero-order valence-electron chi connectivity index (χ0n) is 18.0. The summed E-state index contributed by atoms with van der Waals surface area (Å²) in [5.41, 5.74) is -3.37. The van der Waals surface area contributed by atoms with E-state index in [-0.39, 0.29) is 16.2 Å². The molecule has 1 heterocycles. The van der Waals surface area contributed by atoms with E-state index < -0.39 is 21.5 Å². The number of rotatable bonds is 2. The molecule has 0 amide bonds. The lowest BCUT2D eigenvalue weighted by atomic mass is 9.41. The van der Waals surface area contributed by atoms with Crippen LogP contribution in [0, 0.1) is 22.7 Å². The molecule has 4 rings (SSSR count). The zero-order valence-corrected chi connectivity index (χ0v) is 18.8. The Hall–Kier alpha value is -1.31. The van der Waals surface area contributed by atoms with Crippen molar-refractivity contribution in [1.82, 2.24) is 4.98 Å². The van der Waals surface area contributed by atoms with Crippen molar-refractivity contribution in [3.63, 3.8) is 0 Å². The van der Waals surface area contributed by atoms with Crippen molar-refractivity contribution in [1.29, 1.82) is 0 Å². The van der Waals surface area contributed by atoms with Gasteiger partial charge in [0.25, 0.3) is 0 Å². The van der Waals surface area contributed by atoms with Gasteiger partial charge in [-0.3, -0.25) is 0 Å². The zero-order chi connectivity index (χ0) is 22.2. The smallest absolute Gasteiger partial charge is 0.355 e. The summed E-state index contributed by atoms with van der Waals surface area (Å²) in [6, 6.07) is 1.45. The molecule has 30 heavy (non-hydrogen) atoms. The molecule has 3 aliphatic rings. The van der Waals surface area contributed by atoms with Crippen LogP contribution in [0.1, 0.15) is 77.3 Å². The highest BCUT2D eigenvalue weighted by atomic mass is 32.2. The van der Waals surface area contributed by atoms with Crippen LogP contribution in [0.2, 0.25) is 0 Å². The van der Waals surface area contributed by atoms with Gasteiger partial charge in [-0.2, -0.15) is 21.6 Å². The van der Waals surface area contributed by atoms with Gasteiger partial charge >= 0.3 is 15.6 Å². The van der Waals surface area contributed by atoms with Gasteiger partial charge in [-0.05, 0) is 77.7 Å². The van der Waals surface area contributed by atoms with Crippen LogP contribution in [0.3, 0.4) is 0 Å². The summed E-state index contributed by atoms with van der Waals surface area (Å²) >= 11 is 0.